The monoisotopic (exact) mass is 853 g/mol. The first-order valence-electron chi connectivity index (χ1n) is 24.8. The standard InChI is InChI=1S/C60H73N2P/c1-40-21-18-22-41(2)55(40)52-35-33-44(5)58(46(52)7)61-37-38-62(59-45(6)34-36-53(47(59)8)56-42(3)23-19-24-43(56)4)60(61)57-49(39-48-25-12-9-13-26-48)27-20-32-54(57)63(50-28-14-10-15-29-50)51-30-16-11-17-31-51/h9,12-13,18-19,21-26,33-36,39,50-51,54H,10-11,14-17,20,27-32,37-38H2,1-8H3. The molecule has 328 valence electrons. The average Bonchev–Trinajstić information content (AvgIpc) is 3.69. The number of hydrogen-bond donors (Lipinski definition) is 0. The first kappa shape index (κ1) is 43.8. The van der Waals surface area contributed by atoms with E-state index in [1.165, 1.54) is 167 Å². The van der Waals surface area contributed by atoms with E-state index >= 15 is 0 Å². The lowest BCUT2D eigenvalue weighted by Crippen LogP contribution is -2.35. The van der Waals surface area contributed by atoms with E-state index in [2.05, 4.69) is 162 Å². The second-order valence-electron chi connectivity index (χ2n) is 19.9. The second-order valence-corrected chi connectivity index (χ2v) is 22.9. The molecule has 1 atom stereocenters. The summed E-state index contributed by atoms with van der Waals surface area (Å²) >= 11 is 0. The van der Waals surface area contributed by atoms with E-state index in [-0.39, 0.29) is 7.92 Å². The number of hydrogen-bond acceptors (Lipinski definition) is 2. The highest BCUT2D eigenvalue weighted by Crippen LogP contribution is 2.64. The van der Waals surface area contributed by atoms with E-state index in [9.17, 15) is 0 Å². The van der Waals surface area contributed by atoms with Crippen molar-refractivity contribution >= 4 is 25.4 Å². The minimum atomic E-state index is -0.232. The van der Waals surface area contributed by atoms with Crippen LogP contribution in [-0.2, 0) is 0 Å². The first-order valence-corrected chi connectivity index (χ1v) is 26.3. The topological polar surface area (TPSA) is 6.48 Å². The molecule has 63 heavy (non-hydrogen) atoms. The summed E-state index contributed by atoms with van der Waals surface area (Å²) in [5, 5.41) is 0. The average molecular weight is 853 g/mol. The molecule has 1 saturated heterocycles. The Morgan fingerprint density at radius 1 is 0.460 bits per heavy atom. The van der Waals surface area contributed by atoms with E-state index in [1.807, 2.05) is 0 Å². The van der Waals surface area contributed by atoms with Gasteiger partial charge >= 0.3 is 0 Å². The van der Waals surface area contributed by atoms with Gasteiger partial charge in [0.25, 0.3) is 0 Å². The van der Waals surface area contributed by atoms with Gasteiger partial charge in [-0.25, -0.2) is 0 Å². The van der Waals surface area contributed by atoms with Crippen LogP contribution in [0.1, 0.15) is 134 Å². The van der Waals surface area contributed by atoms with E-state index < -0.39 is 0 Å². The maximum atomic E-state index is 2.87. The molecule has 3 saturated carbocycles. The fourth-order valence-corrected chi connectivity index (χ4v) is 17.4. The molecule has 0 amide bonds. The zero-order chi connectivity index (χ0) is 43.8. The molecular formula is C60H73N2P. The largest absolute Gasteiger partial charge is 0.325 e. The van der Waals surface area contributed by atoms with Crippen LogP contribution in [0, 0.1) is 55.4 Å². The number of rotatable bonds is 8. The predicted octanol–water partition coefficient (Wildman–Crippen LogP) is 16.8. The molecule has 0 N–H and O–H groups in total. The number of allylic oxidation sites excluding steroid dienone is 2. The molecule has 1 aliphatic heterocycles. The minimum absolute atomic E-state index is 0.232. The third kappa shape index (κ3) is 8.52. The number of benzene rings is 5. The Morgan fingerprint density at radius 2 is 0.921 bits per heavy atom. The highest BCUT2D eigenvalue weighted by Gasteiger charge is 2.44. The van der Waals surface area contributed by atoms with Crippen LogP contribution in [0.15, 0.2) is 108 Å². The summed E-state index contributed by atoms with van der Waals surface area (Å²) in [4.78, 5) is 5.74. The van der Waals surface area contributed by atoms with Crippen LogP contribution in [0.5, 0.6) is 0 Å². The van der Waals surface area contributed by atoms with Crippen molar-refractivity contribution in [3.05, 3.63) is 158 Å². The van der Waals surface area contributed by atoms with Crippen molar-refractivity contribution in [2.24, 2.45) is 0 Å². The van der Waals surface area contributed by atoms with Gasteiger partial charge < -0.3 is 9.80 Å². The van der Waals surface area contributed by atoms with E-state index in [0.717, 1.165) is 30.8 Å². The highest BCUT2D eigenvalue weighted by molar-refractivity contribution is 7.60. The van der Waals surface area contributed by atoms with Crippen LogP contribution in [0.25, 0.3) is 28.3 Å². The van der Waals surface area contributed by atoms with Crippen molar-refractivity contribution in [3.8, 4) is 22.3 Å². The Morgan fingerprint density at radius 3 is 1.38 bits per heavy atom. The van der Waals surface area contributed by atoms with E-state index in [0.29, 0.717) is 5.66 Å². The zero-order valence-electron chi connectivity index (χ0n) is 39.9. The summed E-state index contributed by atoms with van der Waals surface area (Å²) in [6.07, 6.45) is 20.7. The fourth-order valence-electron chi connectivity index (χ4n) is 12.8. The van der Waals surface area contributed by atoms with Crippen LogP contribution in [-0.4, -0.2) is 30.1 Å². The molecule has 9 rings (SSSR count). The Bertz CT molecular complexity index is 2340. The van der Waals surface area contributed by atoms with Crippen molar-refractivity contribution in [3.63, 3.8) is 0 Å². The number of aryl methyl sites for hydroxylation is 6. The highest BCUT2D eigenvalue weighted by atomic mass is 31.1. The fraction of sp³-hybridized carbons (Fsp3) is 0.433. The molecule has 4 fully saturated rings. The Kier molecular flexibility index (Phi) is 13.2. The van der Waals surface area contributed by atoms with Gasteiger partial charge in [-0.2, -0.15) is 0 Å². The van der Waals surface area contributed by atoms with Crippen molar-refractivity contribution in [1.29, 1.82) is 0 Å². The molecule has 3 heteroatoms. The molecule has 4 aliphatic rings. The van der Waals surface area contributed by atoms with Crippen molar-refractivity contribution in [2.75, 3.05) is 22.9 Å². The Balaban J connectivity index is 1.35. The number of anilines is 2. The van der Waals surface area contributed by atoms with Gasteiger partial charge in [0.05, 0.1) is 0 Å². The summed E-state index contributed by atoms with van der Waals surface area (Å²) in [5.74, 6) is 1.50. The molecule has 0 spiro atoms. The van der Waals surface area contributed by atoms with Crippen LogP contribution >= 0.6 is 7.92 Å². The SMILES string of the molecule is Cc1cccc(C)c1-c1ccc(C)c(N2CCN(c3c(C)ccc(-c4c(C)cccc4C)c3C)C2=C2C(=Cc3ccccc3)CCCC2P(C2CCCCC2)C2CCCCC2)c1C. The molecule has 3 aliphatic carbocycles. The zero-order valence-corrected chi connectivity index (χ0v) is 40.8. The molecule has 2 nitrogen and oxygen atoms in total. The van der Waals surface area contributed by atoms with Gasteiger partial charge in [-0.3, -0.25) is 0 Å². The van der Waals surface area contributed by atoms with E-state index in [1.54, 1.807) is 11.1 Å². The summed E-state index contributed by atoms with van der Waals surface area (Å²) < 4.78 is 0. The van der Waals surface area contributed by atoms with Crippen molar-refractivity contribution < 1.29 is 0 Å². The van der Waals surface area contributed by atoms with Gasteiger partial charge in [-0.05, 0) is 190 Å². The van der Waals surface area contributed by atoms with Gasteiger partial charge in [0.1, 0.15) is 5.82 Å². The molecule has 0 aromatic heterocycles. The lowest BCUT2D eigenvalue weighted by molar-refractivity contribution is 0.479. The third-order valence-electron chi connectivity index (χ3n) is 15.7. The van der Waals surface area contributed by atoms with Crippen molar-refractivity contribution in [2.45, 2.75) is 156 Å². The second kappa shape index (κ2) is 19.0. The van der Waals surface area contributed by atoms with Crippen LogP contribution in [0.4, 0.5) is 11.4 Å². The molecule has 1 heterocycles. The van der Waals surface area contributed by atoms with Gasteiger partial charge in [0.15, 0.2) is 0 Å². The Labute approximate surface area is 382 Å². The van der Waals surface area contributed by atoms with Gasteiger partial charge in [-0.15, -0.1) is 0 Å². The van der Waals surface area contributed by atoms with Gasteiger partial charge in [0.2, 0.25) is 0 Å². The maximum absolute atomic E-state index is 2.87. The number of nitrogens with zero attached hydrogens (tertiary/aromatic N) is 2. The normalized spacial score (nSPS) is 19.8. The maximum Gasteiger partial charge on any atom is 0.117 e. The summed E-state index contributed by atoms with van der Waals surface area (Å²) in [6, 6.07) is 34.7. The molecule has 0 bridgehead atoms. The molecule has 5 aromatic carbocycles. The molecule has 1 unspecified atom stereocenters. The van der Waals surface area contributed by atoms with Crippen molar-refractivity contribution in [1.82, 2.24) is 0 Å². The van der Waals surface area contributed by atoms with Crippen LogP contribution in [0.2, 0.25) is 0 Å². The lowest BCUT2D eigenvalue weighted by Gasteiger charge is -2.47. The van der Waals surface area contributed by atoms with Crippen LogP contribution in [0.3, 0.4) is 0 Å². The van der Waals surface area contributed by atoms with E-state index in [4.69, 9.17) is 0 Å². The molecular weight excluding hydrogens is 780 g/mol. The molecule has 5 aromatic rings. The third-order valence-corrected chi connectivity index (χ3v) is 19.7. The Hall–Kier alpha value is -4.39. The van der Waals surface area contributed by atoms with Gasteiger partial charge in [-0.1, -0.05) is 144 Å². The quantitative estimate of drug-likeness (QED) is 0.144. The van der Waals surface area contributed by atoms with Gasteiger partial charge in [0, 0.05) is 35.7 Å². The minimum Gasteiger partial charge on any atom is -0.325 e. The molecule has 0 radical (unpaired) electrons. The first-order chi connectivity index (χ1) is 30.6. The lowest BCUT2D eigenvalue weighted by atomic mass is 9.86. The predicted molar refractivity (Wildman–Crippen MR) is 276 cm³/mol. The van der Waals surface area contributed by atoms with Crippen LogP contribution < -0.4 is 9.80 Å². The smallest absolute Gasteiger partial charge is 0.117 e. The summed E-state index contributed by atoms with van der Waals surface area (Å²) in [6.45, 7) is 20.8. The summed E-state index contributed by atoms with van der Waals surface area (Å²) in [5.41, 5.74) is 26.4. The summed E-state index contributed by atoms with van der Waals surface area (Å²) in [7, 11) is -0.232.